The van der Waals surface area contributed by atoms with Crippen molar-refractivity contribution in [1.29, 1.82) is 0 Å². The Labute approximate surface area is 109 Å². The maximum Gasteiger partial charge on any atom is 0.301 e. The number of nitro groups is 1. The Morgan fingerprint density at radius 1 is 1.50 bits per heavy atom. The molecule has 18 heavy (non-hydrogen) atoms. The van der Waals surface area contributed by atoms with Crippen LogP contribution in [0.5, 0.6) is 0 Å². The second-order valence-corrected chi connectivity index (χ2v) is 7.21. The molecular weight excluding hydrogens is 278 g/mol. The van der Waals surface area contributed by atoms with E-state index in [0.29, 0.717) is 0 Å². The molecule has 0 aromatic heterocycles. The van der Waals surface area contributed by atoms with Gasteiger partial charge in [0.15, 0.2) is 9.84 Å². The number of hydrogen-bond acceptors (Lipinski definition) is 6. The van der Waals surface area contributed by atoms with Crippen molar-refractivity contribution in [3.8, 4) is 0 Å². The van der Waals surface area contributed by atoms with E-state index in [2.05, 4.69) is 0 Å². The van der Waals surface area contributed by atoms with E-state index in [1.54, 1.807) is 6.92 Å². The molecule has 1 unspecified atom stereocenters. The van der Waals surface area contributed by atoms with Crippen molar-refractivity contribution in [2.45, 2.75) is 22.0 Å². The van der Waals surface area contributed by atoms with Crippen LogP contribution in [0.15, 0.2) is 28.0 Å². The Bertz CT molecular complexity index is 555. The highest BCUT2D eigenvalue weighted by Gasteiger charge is 2.26. The number of hydrogen-bond donors (Lipinski definition) is 1. The van der Waals surface area contributed by atoms with Crippen LogP contribution in [0.3, 0.4) is 0 Å². The van der Waals surface area contributed by atoms with Gasteiger partial charge in [-0.3, -0.25) is 10.1 Å². The summed E-state index contributed by atoms with van der Waals surface area (Å²) in [5.74, 6) is 0. The summed E-state index contributed by atoms with van der Waals surface area (Å²) in [6, 6.07) is 4.14. The number of thioether (sulfide) groups is 1. The quantitative estimate of drug-likeness (QED) is 0.501. The Morgan fingerprint density at radius 2 is 2.11 bits per heavy atom. The number of para-hydroxylation sites is 1. The molecular formula is C10H13NO5S2. The lowest BCUT2D eigenvalue weighted by Crippen LogP contribution is -2.06. The van der Waals surface area contributed by atoms with Crippen LogP contribution in [0, 0.1) is 10.1 Å². The lowest BCUT2D eigenvalue weighted by molar-refractivity contribution is -0.390. The third kappa shape index (κ3) is 3.44. The van der Waals surface area contributed by atoms with E-state index in [-0.39, 0.29) is 21.6 Å². The molecule has 0 saturated heterocycles. The molecule has 0 saturated carbocycles. The fourth-order valence-corrected chi connectivity index (χ4v) is 3.22. The Morgan fingerprint density at radius 3 is 2.56 bits per heavy atom. The lowest BCUT2D eigenvalue weighted by atomic mass is 10.3. The topological polar surface area (TPSA) is 97.5 Å². The number of sulfone groups is 1. The van der Waals surface area contributed by atoms with Gasteiger partial charge >= 0.3 is 5.69 Å². The van der Waals surface area contributed by atoms with Crippen LogP contribution in [0.25, 0.3) is 0 Å². The Balaban J connectivity index is 3.40. The van der Waals surface area contributed by atoms with Gasteiger partial charge in [-0.1, -0.05) is 13.0 Å². The summed E-state index contributed by atoms with van der Waals surface area (Å²) in [6.45, 7) is 1.55. The molecule has 1 atom stereocenters. The van der Waals surface area contributed by atoms with E-state index in [1.165, 1.54) is 18.2 Å². The van der Waals surface area contributed by atoms with Gasteiger partial charge in [-0.25, -0.2) is 8.42 Å². The number of aliphatic hydroxyl groups is 1. The molecule has 1 aromatic carbocycles. The summed E-state index contributed by atoms with van der Waals surface area (Å²) < 4.78 is 23.0. The Kier molecular flexibility index (Phi) is 4.71. The zero-order valence-electron chi connectivity index (χ0n) is 9.86. The van der Waals surface area contributed by atoms with E-state index < -0.39 is 20.4 Å². The van der Waals surface area contributed by atoms with Crippen molar-refractivity contribution in [2.24, 2.45) is 0 Å². The van der Waals surface area contributed by atoms with Gasteiger partial charge in [0.25, 0.3) is 0 Å². The number of benzene rings is 1. The van der Waals surface area contributed by atoms with Crippen molar-refractivity contribution >= 4 is 27.3 Å². The SMILES string of the molecule is CC(CO)Sc1cccc(S(C)(=O)=O)c1[N+](=O)[O-]. The lowest BCUT2D eigenvalue weighted by Gasteiger charge is -2.09. The van der Waals surface area contributed by atoms with Gasteiger partial charge in [-0.15, -0.1) is 11.8 Å². The third-order valence-electron chi connectivity index (χ3n) is 2.13. The molecule has 0 bridgehead atoms. The summed E-state index contributed by atoms with van der Waals surface area (Å²) in [5, 5.41) is 19.7. The minimum absolute atomic E-state index is 0.148. The molecule has 0 aliphatic carbocycles. The van der Waals surface area contributed by atoms with Crippen molar-refractivity contribution in [1.82, 2.24) is 0 Å². The highest BCUT2D eigenvalue weighted by Crippen LogP contribution is 2.36. The molecule has 0 aliphatic heterocycles. The van der Waals surface area contributed by atoms with Crippen molar-refractivity contribution in [3.63, 3.8) is 0 Å². The molecule has 1 N–H and O–H groups in total. The van der Waals surface area contributed by atoms with E-state index in [4.69, 9.17) is 5.11 Å². The van der Waals surface area contributed by atoms with Crippen LogP contribution in [-0.2, 0) is 9.84 Å². The summed E-state index contributed by atoms with van der Waals surface area (Å²) in [6.07, 6.45) is 0.930. The molecule has 8 heteroatoms. The molecule has 0 radical (unpaired) electrons. The van der Waals surface area contributed by atoms with Gasteiger partial charge < -0.3 is 5.11 Å². The Hall–Kier alpha value is -1.12. The second kappa shape index (κ2) is 5.68. The molecule has 1 aromatic rings. The van der Waals surface area contributed by atoms with Gasteiger partial charge in [-0.2, -0.15) is 0 Å². The van der Waals surface area contributed by atoms with Gasteiger partial charge in [0, 0.05) is 11.5 Å². The van der Waals surface area contributed by atoms with Crippen LogP contribution in [0.1, 0.15) is 6.92 Å². The normalized spacial score (nSPS) is 13.3. The van der Waals surface area contributed by atoms with Crippen molar-refractivity contribution < 1.29 is 18.4 Å². The first kappa shape index (κ1) is 14.9. The summed E-state index contributed by atoms with van der Waals surface area (Å²) in [5.41, 5.74) is -0.426. The van der Waals surface area contributed by atoms with Gasteiger partial charge in [-0.05, 0) is 12.1 Å². The highest BCUT2D eigenvalue weighted by molar-refractivity contribution is 8.00. The predicted molar refractivity (Wildman–Crippen MR) is 68.6 cm³/mol. The average molecular weight is 291 g/mol. The first-order chi connectivity index (χ1) is 8.27. The van der Waals surface area contributed by atoms with Crippen LogP contribution in [-0.4, -0.2) is 36.6 Å². The third-order valence-corrected chi connectivity index (χ3v) is 4.39. The molecule has 0 aliphatic rings. The zero-order valence-corrected chi connectivity index (χ0v) is 11.5. The molecule has 100 valence electrons. The zero-order chi connectivity index (χ0) is 13.9. The first-order valence-electron chi connectivity index (χ1n) is 5.02. The van der Waals surface area contributed by atoms with E-state index in [9.17, 15) is 18.5 Å². The largest absolute Gasteiger partial charge is 0.395 e. The van der Waals surface area contributed by atoms with Crippen LogP contribution >= 0.6 is 11.8 Å². The van der Waals surface area contributed by atoms with E-state index in [1.807, 2.05) is 0 Å². The maximum atomic E-state index is 11.5. The number of nitro benzene ring substituents is 1. The summed E-state index contributed by atoms with van der Waals surface area (Å²) >= 11 is 1.07. The number of aliphatic hydroxyl groups excluding tert-OH is 1. The molecule has 0 fully saturated rings. The number of rotatable bonds is 5. The van der Waals surface area contributed by atoms with Crippen LogP contribution in [0.4, 0.5) is 5.69 Å². The van der Waals surface area contributed by atoms with Crippen molar-refractivity contribution in [3.05, 3.63) is 28.3 Å². The smallest absolute Gasteiger partial charge is 0.301 e. The summed E-state index contributed by atoms with van der Waals surface area (Å²) in [4.78, 5) is 10.3. The average Bonchev–Trinajstić information content (AvgIpc) is 2.27. The minimum atomic E-state index is -3.66. The number of nitrogens with zero attached hydrogens (tertiary/aromatic N) is 1. The predicted octanol–water partition coefficient (Wildman–Crippen LogP) is 1.47. The molecule has 1 rings (SSSR count). The van der Waals surface area contributed by atoms with Gasteiger partial charge in [0.2, 0.25) is 0 Å². The monoisotopic (exact) mass is 291 g/mol. The molecule has 0 amide bonds. The van der Waals surface area contributed by atoms with Gasteiger partial charge in [0.05, 0.1) is 16.4 Å². The maximum absolute atomic E-state index is 11.5. The van der Waals surface area contributed by atoms with Gasteiger partial charge in [0.1, 0.15) is 4.90 Å². The van der Waals surface area contributed by atoms with Crippen LogP contribution in [0.2, 0.25) is 0 Å². The second-order valence-electron chi connectivity index (χ2n) is 3.74. The standard InChI is InChI=1S/C10H13NO5S2/c1-7(6-12)17-8-4-3-5-9(18(2,15)16)10(8)11(13)14/h3-5,7,12H,6H2,1-2H3. The van der Waals surface area contributed by atoms with E-state index >= 15 is 0 Å². The fourth-order valence-electron chi connectivity index (χ4n) is 1.33. The van der Waals surface area contributed by atoms with Crippen molar-refractivity contribution in [2.75, 3.05) is 12.9 Å². The molecule has 0 spiro atoms. The summed E-state index contributed by atoms with van der Waals surface area (Å²) in [7, 11) is -3.66. The first-order valence-corrected chi connectivity index (χ1v) is 7.79. The molecule has 0 heterocycles. The fraction of sp³-hybridized carbons (Fsp3) is 0.400. The minimum Gasteiger partial charge on any atom is -0.395 e. The van der Waals surface area contributed by atoms with Crippen LogP contribution < -0.4 is 0 Å². The van der Waals surface area contributed by atoms with E-state index in [0.717, 1.165) is 18.0 Å². The molecule has 6 nitrogen and oxygen atoms in total. The highest BCUT2D eigenvalue weighted by atomic mass is 32.2.